The van der Waals surface area contributed by atoms with E-state index in [4.69, 9.17) is 21.1 Å². The minimum absolute atomic E-state index is 0.271. The molecule has 0 N–H and O–H groups in total. The lowest BCUT2D eigenvalue weighted by atomic mass is 9.85. The maximum absolute atomic E-state index is 13.2. The molecular formula is C19H27ClN2O3. The fraction of sp³-hybridized carbons (Fsp3) is 0.632. The van der Waals surface area contributed by atoms with E-state index in [-0.39, 0.29) is 11.4 Å². The average molecular weight is 367 g/mol. The van der Waals surface area contributed by atoms with E-state index in [1.807, 2.05) is 23.1 Å². The molecule has 1 aromatic rings. The molecule has 2 aliphatic heterocycles. The molecule has 25 heavy (non-hydrogen) atoms. The molecule has 0 bridgehead atoms. The molecule has 1 aromatic carbocycles. The second-order valence-electron chi connectivity index (χ2n) is 6.91. The third-order valence-electron chi connectivity index (χ3n) is 5.48. The summed E-state index contributed by atoms with van der Waals surface area (Å²) in [7, 11) is 3.30. The van der Waals surface area contributed by atoms with Gasteiger partial charge in [-0.25, -0.2) is 0 Å². The van der Waals surface area contributed by atoms with Crippen LogP contribution in [0.25, 0.3) is 0 Å². The second-order valence-corrected chi connectivity index (χ2v) is 7.32. The third-order valence-corrected chi connectivity index (χ3v) is 5.78. The summed E-state index contributed by atoms with van der Waals surface area (Å²) >= 11 is 6.27. The van der Waals surface area contributed by atoms with Gasteiger partial charge in [0.25, 0.3) is 0 Å². The van der Waals surface area contributed by atoms with Crippen molar-refractivity contribution in [2.75, 3.05) is 40.5 Å². The van der Waals surface area contributed by atoms with Gasteiger partial charge in [-0.2, -0.15) is 0 Å². The van der Waals surface area contributed by atoms with E-state index in [0.29, 0.717) is 23.9 Å². The summed E-state index contributed by atoms with van der Waals surface area (Å²) in [5.74, 6) is 0.953. The lowest BCUT2D eigenvalue weighted by Gasteiger charge is -2.44. The minimum atomic E-state index is -0.349. The zero-order chi connectivity index (χ0) is 17.9. The maximum atomic E-state index is 13.2. The summed E-state index contributed by atoms with van der Waals surface area (Å²) in [6.45, 7) is 3.81. The van der Waals surface area contributed by atoms with E-state index in [1.165, 1.54) is 0 Å². The van der Waals surface area contributed by atoms with Crippen molar-refractivity contribution in [3.05, 3.63) is 28.8 Å². The van der Waals surface area contributed by atoms with Gasteiger partial charge in [0.15, 0.2) is 0 Å². The Morgan fingerprint density at radius 3 is 2.64 bits per heavy atom. The van der Waals surface area contributed by atoms with Crippen molar-refractivity contribution in [1.29, 1.82) is 0 Å². The van der Waals surface area contributed by atoms with Crippen molar-refractivity contribution in [2.45, 2.75) is 37.8 Å². The quantitative estimate of drug-likeness (QED) is 0.776. The van der Waals surface area contributed by atoms with Crippen LogP contribution in [-0.4, -0.2) is 61.7 Å². The molecule has 1 atom stereocenters. The molecule has 1 amide bonds. The van der Waals surface area contributed by atoms with Crippen LogP contribution >= 0.6 is 11.6 Å². The Labute approximate surface area is 154 Å². The Kier molecular flexibility index (Phi) is 5.87. The monoisotopic (exact) mass is 366 g/mol. The molecule has 2 heterocycles. The van der Waals surface area contributed by atoms with Crippen LogP contribution in [0.2, 0.25) is 5.02 Å². The number of amides is 1. The Morgan fingerprint density at radius 1 is 1.20 bits per heavy atom. The van der Waals surface area contributed by atoms with Gasteiger partial charge in [0.2, 0.25) is 5.91 Å². The van der Waals surface area contributed by atoms with Gasteiger partial charge in [-0.05, 0) is 49.9 Å². The number of rotatable bonds is 6. The number of hydrogen-bond donors (Lipinski definition) is 0. The summed E-state index contributed by atoms with van der Waals surface area (Å²) < 4.78 is 10.4. The third kappa shape index (κ3) is 3.64. The fourth-order valence-electron chi connectivity index (χ4n) is 4.20. The number of nitrogens with zero attached hydrogens (tertiary/aromatic N) is 2. The highest BCUT2D eigenvalue weighted by atomic mass is 35.5. The van der Waals surface area contributed by atoms with Crippen LogP contribution < -0.4 is 4.74 Å². The van der Waals surface area contributed by atoms with Crippen molar-refractivity contribution >= 4 is 17.5 Å². The molecule has 0 radical (unpaired) electrons. The van der Waals surface area contributed by atoms with Crippen molar-refractivity contribution < 1.29 is 14.3 Å². The first-order chi connectivity index (χ1) is 12.1. The molecule has 0 aromatic heterocycles. The first-order valence-corrected chi connectivity index (χ1v) is 9.34. The average Bonchev–Trinajstić information content (AvgIpc) is 3.00. The summed E-state index contributed by atoms with van der Waals surface area (Å²) in [5.41, 5.74) is 0.771. The van der Waals surface area contributed by atoms with Crippen LogP contribution in [0.1, 0.15) is 31.2 Å². The summed E-state index contributed by atoms with van der Waals surface area (Å²) in [4.78, 5) is 17.5. The highest BCUT2D eigenvalue weighted by Gasteiger charge is 2.50. The lowest BCUT2D eigenvalue weighted by Crippen LogP contribution is -2.60. The minimum Gasteiger partial charge on any atom is -0.495 e. The number of hydrogen-bond acceptors (Lipinski definition) is 4. The number of methoxy groups -OCH3 is 2. The SMILES string of the molecule is COCCN1CCCC2(CCCN2Cc2ccc(OC)c(Cl)c2)C1=O. The lowest BCUT2D eigenvalue weighted by molar-refractivity contribution is -0.148. The standard InChI is InChI=1S/C19H27ClN2O3/c1-24-12-11-21-9-3-7-19(18(21)23)8-4-10-22(19)14-15-5-6-17(25-2)16(20)13-15/h5-6,13H,3-4,7-12,14H2,1-2H3. The number of benzene rings is 1. The Morgan fingerprint density at radius 2 is 1.96 bits per heavy atom. The van der Waals surface area contributed by atoms with Crippen molar-refractivity contribution in [2.24, 2.45) is 0 Å². The van der Waals surface area contributed by atoms with Gasteiger partial charge in [-0.1, -0.05) is 17.7 Å². The second kappa shape index (κ2) is 7.94. The first-order valence-electron chi connectivity index (χ1n) is 8.96. The topological polar surface area (TPSA) is 42.0 Å². The molecular weight excluding hydrogens is 340 g/mol. The molecule has 2 saturated heterocycles. The van der Waals surface area contributed by atoms with E-state index in [9.17, 15) is 4.79 Å². The Bertz CT molecular complexity index is 625. The highest BCUT2D eigenvalue weighted by Crippen LogP contribution is 2.39. The van der Waals surface area contributed by atoms with Crippen molar-refractivity contribution in [3.8, 4) is 5.75 Å². The molecule has 138 valence electrons. The molecule has 5 nitrogen and oxygen atoms in total. The smallest absolute Gasteiger partial charge is 0.243 e. The number of halogens is 1. The van der Waals surface area contributed by atoms with Gasteiger partial charge in [0.1, 0.15) is 11.3 Å². The predicted octanol–water partition coefficient (Wildman–Crippen LogP) is 2.95. The Hall–Kier alpha value is -1.30. The fourth-order valence-corrected chi connectivity index (χ4v) is 4.48. The van der Waals surface area contributed by atoms with Gasteiger partial charge in [-0.3, -0.25) is 9.69 Å². The zero-order valence-electron chi connectivity index (χ0n) is 15.1. The van der Waals surface area contributed by atoms with Gasteiger partial charge in [-0.15, -0.1) is 0 Å². The number of likely N-dealkylation sites (tertiary alicyclic amines) is 2. The highest BCUT2D eigenvalue weighted by molar-refractivity contribution is 6.32. The zero-order valence-corrected chi connectivity index (χ0v) is 15.8. The molecule has 1 spiro atoms. The van der Waals surface area contributed by atoms with Crippen LogP contribution in [-0.2, 0) is 16.1 Å². The van der Waals surface area contributed by atoms with E-state index in [0.717, 1.165) is 50.9 Å². The normalized spacial score (nSPS) is 24.3. The number of piperidine rings is 1. The summed E-state index contributed by atoms with van der Waals surface area (Å²) in [6.07, 6.45) is 4.00. The van der Waals surface area contributed by atoms with Gasteiger partial charge >= 0.3 is 0 Å². The molecule has 2 aliphatic rings. The van der Waals surface area contributed by atoms with Crippen LogP contribution in [0.4, 0.5) is 0 Å². The van der Waals surface area contributed by atoms with E-state index in [1.54, 1.807) is 14.2 Å². The van der Waals surface area contributed by atoms with Gasteiger partial charge < -0.3 is 14.4 Å². The van der Waals surface area contributed by atoms with Gasteiger partial charge in [0, 0.05) is 26.7 Å². The van der Waals surface area contributed by atoms with E-state index < -0.39 is 0 Å². The maximum Gasteiger partial charge on any atom is 0.243 e. The van der Waals surface area contributed by atoms with Crippen LogP contribution in [0, 0.1) is 0 Å². The number of ether oxygens (including phenoxy) is 2. The largest absolute Gasteiger partial charge is 0.495 e. The molecule has 0 aliphatic carbocycles. The number of carbonyl (C=O) groups is 1. The number of carbonyl (C=O) groups excluding carboxylic acids is 1. The van der Waals surface area contributed by atoms with Crippen LogP contribution in [0.3, 0.4) is 0 Å². The van der Waals surface area contributed by atoms with E-state index in [2.05, 4.69) is 4.90 Å². The molecule has 1 unspecified atom stereocenters. The molecule has 3 rings (SSSR count). The molecule has 2 fully saturated rings. The first kappa shape index (κ1) is 18.5. The molecule has 0 saturated carbocycles. The Balaban J connectivity index is 1.77. The predicted molar refractivity (Wildman–Crippen MR) is 98.1 cm³/mol. The molecule has 6 heteroatoms. The van der Waals surface area contributed by atoms with Crippen LogP contribution in [0.15, 0.2) is 18.2 Å². The van der Waals surface area contributed by atoms with Crippen molar-refractivity contribution in [3.63, 3.8) is 0 Å². The van der Waals surface area contributed by atoms with Crippen LogP contribution in [0.5, 0.6) is 5.75 Å². The summed E-state index contributed by atoms with van der Waals surface area (Å²) in [5, 5.41) is 0.616. The van der Waals surface area contributed by atoms with Crippen molar-refractivity contribution in [1.82, 2.24) is 9.80 Å². The van der Waals surface area contributed by atoms with E-state index >= 15 is 0 Å². The summed E-state index contributed by atoms with van der Waals surface area (Å²) in [6, 6.07) is 5.88. The van der Waals surface area contributed by atoms with Gasteiger partial charge in [0.05, 0.1) is 18.7 Å².